The Hall–Kier alpha value is -2.15. The van der Waals surface area contributed by atoms with Gasteiger partial charge in [-0.3, -0.25) is 4.79 Å². The Morgan fingerprint density at radius 1 is 1.41 bits per heavy atom. The number of carbonyl (C=O) groups excluding carboxylic acids is 1. The molecule has 0 aliphatic carbocycles. The zero-order valence-corrected chi connectivity index (χ0v) is 9.36. The van der Waals surface area contributed by atoms with Crippen molar-refractivity contribution < 1.29 is 19.1 Å². The van der Waals surface area contributed by atoms with Crippen LogP contribution in [0.25, 0.3) is 0 Å². The number of rotatable bonds is 4. The number of aromatic nitrogens is 1. The number of furan rings is 1. The number of thiazole rings is 1. The number of nitrogens with zero attached hydrogens (tertiary/aromatic N) is 1. The minimum atomic E-state index is -1.21. The van der Waals surface area contributed by atoms with Gasteiger partial charge in [-0.1, -0.05) is 0 Å². The second-order valence-electron chi connectivity index (χ2n) is 3.13. The van der Waals surface area contributed by atoms with Gasteiger partial charge < -0.3 is 14.8 Å². The predicted molar refractivity (Wildman–Crippen MR) is 59.0 cm³/mol. The van der Waals surface area contributed by atoms with E-state index in [1.165, 1.54) is 23.5 Å². The van der Waals surface area contributed by atoms with Crippen molar-refractivity contribution >= 4 is 23.2 Å². The Morgan fingerprint density at radius 2 is 2.18 bits per heavy atom. The average molecular weight is 252 g/mol. The van der Waals surface area contributed by atoms with Gasteiger partial charge in [0.05, 0.1) is 17.7 Å². The lowest BCUT2D eigenvalue weighted by atomic mass is 10.4. The molecule has 7 heteroatoms. The summed E-state index contributed by atoms with van der Waals surface area (Å²) >= 11 is 1.43. The van der Waals surface area contributed by atoms with Crippen LogP contribution in [0.1, 0.15) is 26.8 Å². The van der Waals surface area contributed by atoms with Gasteiger partial charge in [-0.2, -0.15) is 0 Å². The van der Waals surface area contributed by atoms with E-state index in [2.05, 4.69) is 10.3 Å². The number of carbonyl (C=O) groups is 2. The summed E-state index contributed by atoms with van der Waals surface area (Å²) in [6.07, 6.45) is 0. The van der Waals surface area contributed by atoms with Gasteiger partial charge in [-0.25, -0.2) is 9.78 Å². The summed E-state index contributed by atoms with van der Waals surface area (Å²) in [6.45, 7) is 0.283. The molecule has 0 atom stereocenters. The molecule has 17 heavy (non-hydrogen) atoms. The summed E-state index contributed by atoms with van der Waals surface area (Å²) in [5.74, 6) is -1.96. The van der Waals surface area contributed by atoms with Crippen molar-refractivity contribution in [2.24, 2.45) is 0 Å². The highest BCUT2D eigenvalue weighted by Gasteiger charge is 2.14. The van der Waals surface area contributed by atoms with Crippen LogP contribution in [0.5, 0.6) is 0 Å². The predicted octanol–water partition coefficient (Wildman–Crippen LogP) is 1.36. The lowest BCUT2D eigenvalue weighted by Crippen LogP contribution is -2.22. The molecule has 0 saturated heterocycles. The number of amides is 1. The van der Waals surface area contributed by atoms with Crippen molar-refractivity contribution in [2.45, 2.75) is 6.54 Å². The Labute approximate surface area is 99.9 Å². The van der Waals surface area contributed by atoms with Gasteiger partial charge in [0.1, 0.15) is 0 Å². The summed E-state index contributed by atoms with van der Waals surface area (Å²) in [6, 6.07) is 2.56. The minimum absolute atomic E-state index is 0.0300. The van der Waals surface area contributed by atoms with E-state index in [4.69, 9.17) is 9.52 Å². The molecule has 2 aromatic heterocycles. The molecule has 0 spiro atoms. The van der Waals surface area contributed by atoms with E-state index < -0.39 is 11.9 Å². The molecule has 0 unspecified atom stereocenters. The Kier molecular flexibility index (Phi) is 3.20. The van der Waals surface area contributed by atoms with E-state index in [1.807, 2.05) is 5.38 Å². The third-order valence-corrected chi connectivity index (χ3v) is 2.59. The van der Waals surface area contributed by atoms with Crippen molar-refractivity contribution in [2.75, 3.05) is 0 Å². The Morgan fingerprint density at radius 3 is 2.76 bits per heavy atom. The molecule has 2 aromatic rings. The van der Waals surface area contributed by atoms with Crippen LogP contribution >= 0.6 is 11.3 Å². The lowest BCUT2D eigenvalue weighted by molar-refractivity contribution is 0.0659. The Balaban J connectivity index is 1.97. The van der Waals surface area contributed by atoms with E-state index in [9.17, 15) is 9.59 Å². The summed E-state index contributed by atoms with van der Waals surface area (Å²) < 4.78 is 4.85. The summed E-state index contributed by atoms with van der Waals surface area (Å²) in [4.78, 5) is 26.1. The normalized spacial score (nSPS) is 10.1. The van der Waals surface area contributed by atoms with Gasteiger partial charge in [0, 0.05) is 5.38 Å². The fraction of sp³-hybridized carbons (Fsp3) is 0.100. The second-order valence-corrected chi connectivity index (χ2v) is 3.85. The van der Waals surface area contributed by atoms with Crippen molar-refractivity contribution in [1.82, 2.24) is 10.3 Å². The largest absolute Gasteiger partial charge is 0.475 e. The molecule has 0 bridgehead atoms. The smallest absolute Gasteiger partial charge is 0.371 e. The fourth-order valence-electron chi connectivity index (χ4n) is 1.16. The van der Waals surface area contributed by atoms with E-state index in [0.29, 0.717) is 0 Å². The molecule has 0 saturated carbocycles. The summed E-state index contributed by atoms with van der Waals surface area (Å²) in [5.41, 5.74) is 2.41. The molecule has 6 nitrogen and oxygen atoms in total. The highest BCUT2D eigenvalue weighted by Crippen LogP contribution is 2.08. The van der Waals surface area contributed by atoms with E-state index >= 15 is 0 Å². The van der Waals surface area contributed by atoms with Crippen LogP contribution in [-0.2, 0) is 6.54 Å². The molecule has 0 aliphatic heterocycles. The third kappa shape index (κ3) is 2.70. The van der Waals surface area contributed by atoms with Crippen LogP contribution in [0.2, 0.25) is 0 Å². The van der Waals surface area contributed by atoms with Crippen LogP contribution in [0.4, 0.5) is 0 Å². The molecule has 88 valence electrons. The summed E-state index contributed by atoms with van der Waals surface area (Å²) in [5, 5.41) is 13.0. The number of nitrogens with one attached hydrogen (secondary N) is 1. The average Bonchev–Trinajstić information content (AvgIpc) is 2.96. The maximum absolute atomic E-state index is 11.6. The van der Waals surface area contributed by atoms with Crippen LogP contribution in [0, 0.1) is 0 Å². The number of carboxylic acids is 1. The molecule has 2 heterocycles. The highest BCUT2D eigenvalue weighted by molar-refractivity contribution is 7.07. The SMILES string of the molecule is O=C(O)c1ccc(C(=O)NCc2cscn2)o1. The van der Waals surface area contributed by atoms with E-state index in [0.717, 1.165) is 5.69 Å². The molecule has 0 fully saturated rings. The third-order valence-electron chi connectivity index (χ3n) is 1.95. The van der Waals surface area contributed by atoms with Crippen LogP contribution in [-0.4, -0.2) is 22.0 Å². The van der Waals surface area contributed by atoms with Crippen LogP contribution in [0.3, 0.4) is 0 Å². The fourth-order valence-corrected chi connectivity index (χ4v) is 1.72. The van der Waals surface area contributed by atoms with Crippen molar-refractivity contribution in [1.29, 1.82) is 0 Å². The number of hydrogen-bond donors (Lipinski definition) is 2. The maximum atomic E-state index is 11.6. The van der Waals surface area contributed by atoms with Gasteiger partial charge in [0.2, 0.25) is 5.76 Å². The number of hydrogen-bond acceptors (Lipinski definition) is 5. The van der Waals surface area contributed by atoms with Gasteiger partial charge >= 0.3 is 5.97 Å². The van der Waals surface area contributed by atoms with Gasteiger partial charge in [-0.15, -0.1) is 11.3 Å². The van der Waals surface area contributed by atoms with Crippen LogP contribution < -0.4 is 5.32 Å². The number of aromatic carboxylic acids is 1. The second kappa shape index (κ2) is 4.79. The van der Waals surface area contributed by atoms with Gasteiger partial charge in [0.25, 0.3) is 5.91 Å². The van der Waals surface area contributed by atoms with Crippen molar-refractivity contribution in [3.8, 4) is 0 Å². The zero-order chi connectivity index (χ0) is 12.3. The molecule has 0 radical (unpaired) electrons. The minimum Gasteiger partial charge on any atom is -0.475 e. The molecular weight excluding hydrogens is 244 g/mol. The summed E-state index contributed by atoms with van der Waals surface area (Å²) in [7, 11) is 0. The van der Waals surface area contributed by atoms with E-state index in [1.54, 1.807) is 5.51 Å². The first-order valence-electron chi connectivity index (χ1n) is 4.65. The molecule has 0 aromatic carbocycles. The molecule has 1 amide bonds. The maximum Gasteiger partial charge on any atom is 0.371 e. The first-order valence-corrected chi connectivity index (χ1v) is 5.59. The number of carboxylic acid groups (broad SMARTS) is 1. The van der Waals surface area contributed by atoms with Gasteiger partial charge in [-0.05, 0) is 12.1 Å². The zero-order valence-electron chi connectivity index (χ0n) is 8.54. The first-order chi connectivity index (χ1) is 8.16. The van der Waals surface area contributed by atoms with Crippen molar-refractivity contribution in [3.05, 3.63) is 40.2 Å². The quantitative estimate of drug-likeness (QED) is 0.857. The molecular formula is C10H8N2O4S. The molecule has 2 N–H and O–H groups in total. The molecule has 2 rings (SSSR count). The molecule has 0 aliphatic rings. The van der Waals surface area contributed by atoms with E-state index in [-0.39, 0.29) is 18.1 Å². The Bertz CT molecular complexity index is 532. The highest BCUT2D eigenvalue weighted by atomic mass is 32.1. The van der Waals surface area contributed by atoms with Gasteiger partial charge in [0.15, 0.2) is 5.76 Å². The van der Waals surface area contributed by atoms with Crippen molar-refractivity contribution in [3.63, 3.8) is 0 Å². The standard InChI is InChI=1S/C10H8N2O4S/c13-9(11-3-6-4-17-5-12-6)7-1-2-8(16-7)10(14)15/h1-2,4-5H,3H2,(H,11,13)(H,14,15). The lowest BCUT2D eigenvalue weighted by Gasteiger charge is -1.99. The monoisotopic (exact) mass is 252 g/mol. The topological polar surface area (TPSA) is 92.4 Å². The van der Waals surface area contributed by atoms with Crippen LogP contribution in [0.15, 0.2) is 27.4 Å². The first kappa shape index (κ1) is 11.3.